The third kappa shape index (κ3) is 4.07. The average molecular weight is 360 g/mol. The monoisotopic (exact) mass is 360 g/mol. The van der Waals surface area contributed by atoms with E-state index < -0.39 is 0 Å². The average Bonchev–Trinajstić information content (AvgIpc) is 2.99. The van der Waals surface area contributed by atoms with Gasteiger partial charge in [0.15, 0.2) is 0 Å². The van der Waals surface area contributed by atoms with Crippen LogP contribution in [-0.4, -0.2) is 30.3 Å². The fraction of sp³-hybridized carbons (Fsp3) is 0.368. The van der Waals surface area contributed by atoms with Gasteiger partial charge < -0.3 is 10.2 Å². The molecule has 2 aromatic rings. The zero-order valence-corrected chi connectivity index (χ0v) is 15.2. The summed E-state index contributed by atoms with van der Waals surface area (Å²) in [6, 6.07) is 5.54. The standard InChI is InChI=1S/C19H21FN2O2S/c1-12-3-8-15-16(11-25-17(15)9-12)19(24)22(2)10-18(23)21-14-6-4-13(20)5-7-14/h4-7,11-12H,3,8-10H2,1-2H3,(H,21,23). The molecule has 1 heterocycles. The van der Waals surface area contributed by atoms with E-state index in [9.17, 15) is 14.0 Å². The SMILES string of the molecule is CC1CCc2c(C(=O)N(C)CC(=O)Nc3ccc(F)cc3)csc2C1. The summed E-state index contributed by atoms with van der Waals surface area (Å²) in [4.78, 5) is 27.5. The second-order valence-corrected chi connectivity index (χ2v) is 7.58. The Kier molecular flexibility index (Phi) is 5.18. The van der Waals surface area contributed by atoms with Gasteiger partial charge >= 0.3 is 0 Å². The van der Waals surface area contributed by atoms with Gasteiger partial charge in [-0.1, -0.05) is 6.92 Å². The molecule has 1 aromatic heterocycles. The summed E-state index contributed by atoms with van der Waals surface area (Å²) >= 11 is 1.64. The molecule has 0 saturated carbocycles. The second kappa shape index (κ2) is 7.35. The minimum absolute atomic E-state index is 0.0444. The van der Waals surface area contributed by atoms with E-state index in [2.05, 4.69) is 12.2 Å². The molecule has 0 aliphatic heterocycles. The van der Waals surface area contributed by atoms with Crippen LogP contribution in [0, 0.1) is 11.7 Å². The topological polar surface area (TPSA) is 49.4 Å². The molecule has 3 rings (SSSR count). The number of amides is 2. The lowest BCUT2D eigenvalue weighted by Crippen LogP contribution is -2.35. The molecule has 0 saturated heterocycles. The van der Waals surface area contributed by atoms with Crippen molar-refractivity contribution in [3.8, 4) is 0 Å². The van der Waals surface area contributed by atoms with Crippen molar-refractivity contribution in [2.45, 2.75) is 26.2 Å². The molecule has 2 amide bonds. The van der Waals surface area contributed by atoms with Crippen LogP contribution in [0.25, 0.3) is 0 Å². The minimum atomic E-state index is -0.359. The fourth-order valence-corrected chi connectivity index (χ4v) is 4.32. The van der Waals surface area contributed by atoms with Crippen LogP contribution in [0.3, 0.4) is 0 Å². The number of carbonyl (C=O) groups is 2. The molecule has 1 N–H and O–H groups in total. The highest BCUT2D eigenvalue weighted by molar-refractivity contribution is 7.10. The van der Waals surface area contributed by atoms with E-state index >= 15 is 0 Å². The van der Waals surface area contributed by atoms with E-state index in [4.69, 9.17) is 0 Å². The Hall–Kier alpha value is -2.21. The number of fused-ring (bicyclic) bond motifs is 1. The maximum atomic E-state index is 12.9. The molecule has 6 heteroatoms. The molecule has 1 atom stereocenters. The first-order valence-electron chi connectivity index (χ1n) is 8.34. The Labute approximate surface area is 150 Å². The van der Waals surface area contributed by atoms with Crippen LogP contribution in [-0.2, 0) is 17.6 Å². The van der Waals surface area contributed by atoms with Crippen LogP contribution in [0.4, 0.5) is 10.1 Å². The van der Waals surface area contributed by atoms with Crippen molar-refractivity contribution >= 4 is 28.8 Å². The molecular formula is C19H21FN2O2S. The summed E-state index contributed by atoms with van der Waals surface area (Å²) in [5, 5.41) is 4.59. The molecule has 1 aromatic carbocycles. The summed E-state index contributed by atoms with van der Waals surface area (Å²) in [5.74, 6) is -0.128. The third-order valence-corrected chi connectivity index (χ3v) is 5.54. The first-order chi connectivity index (χ1) is 11.9. The van der Waals surface area contributed by atoms with Crippen molar-refractivity contribution in [2.75, 3.05) is 18.9 Å². The number of nitrogens with one attached hydrogen (secondary N) is 1. The van der Waals surface area contributed by atoms with Crippen LogP contribution >= 0.6 is 11.3 Å². The van der Waals surface area contributed by atoms with Gasteiger partial charge in [-0.3, -0.25) is 9.59 Å². The fourth-order valence-electron chi connectivity index (χ4n) is 3.08. The number of halogens is 1. The number of nitrogens with zero attached hydrogens (tertiary/aromatic N) is 1. The van der Waals surface area contributed by atoms with E-state index in [-0.39, 0.29) is 24.2 Å². The quantitative estimate of drug-likeness (QED) is 0.903. The van der Waals surface area contributed by atoms with Crippen LogP contribution in [0.15, 0.2) is 29.6 Å². The molecule has 0 radical (unpaired) electrons. The van der Waals surface area contributed by atoms with E-state index in [1.54, 1.807) is 18.4 Å². The van der Waals surface area contributed by atoms with Gasteiger partial charge in [0.25, 0.3) is 5.91 Å². The van der Waals surface area contributed by atoms with Crippen molar-refractivity contribution in [2.24, 2.45) is 5.92 Å². The van der Waals surface area contributed by atoms with Crippen molar-refractivity contribution in [1.29, 1.82) is 0 Å². The molecule has 1 aliphatic carbocycles. The highest BCUT2D eigenvalue weighted by Gasteiger charge is 2.25. The molecule has 0 spiro atoms. The van der Waals surface area contributed by atoms with Crippen LogP contribution in [0.2, 0.25) is 0 Å². The lowest BCUT2D eigenvalue weighted by molar-refractivity contribution is -0.116. The molecular weight excluding hydrogens is 339 g/mol. The zero-order chi connectivity index (χ0) is 18.0. The predicted molar refractivity (Wildman–Crippen MR) is 97.5 cm³/mol. The largest absolute Gasteiger partial charge is 0.332 e. The van der Waals surface area contributed by atoms with Crippen molar-refractivity contribution in [3.05, 3.63) is 51.5 Å². The van der Waals surface area contributed by atoms with Gasteiger partial charge in [0.1, 0.15) is 5.82 Å². The molecule has 0 bridgehead atoms. The lowest BCUT2D eigenvalue weighted by Gasteiger charge is -2.21. The Morgan fingerprint density at radius 3 is 2.76 bits per heavy atom. The Morgan fingerprint density at radius 1 is 1.32 bits per heavy atom. The van der Waals surface area contributed by atoms with Gasteiger partial charge in [-0.15, -0.1) is 11.3 Å². The highest BCUT2D eigenvalue weighted by atomic mass is 32.1. The van der Waals surface area contributed by atoms with Gasteiger partial charge in [0, 0.05) is 23.0 Å². The number of hydrogen-bond acceptors (Lipinski definition) is 3. The minimum Gasteiger partial charge on any atom is -0.332 e. The third-order valence-electron chi connectivity index (χ3n) is 4.49. The number of anilines is 1. The molecule has 25 heavy (non-hydrogen) atoms. The number of carbonyl (C=O) groups excluding carboxylic acids is 2. The van der Waals surface area contributed by atoms with Crippen molar-refractivity contribution in [3.63, 3.8) is 0 Å². The van der Waals surface area contributed by atoms with Gasteiger partial charge in [-0.05, 0) is 55.0 Å². The second-order valence-electron chi connectivity index (χ2n) is 6.62. The van der Waals surface area contributed by atoms with Crippen molar-refractivity contribution < 1.29 is 14.0 Å². The predicted octanol–water partition coefficient (Wildman–Crippen LogP) is 3.72. The highest BCUT2D eigenvalue weighted by Crippen LogP contribution is 2.33. The van der Waals surface area contributed by atoms with Crippen LogP contribution < -0.4 is 5.32 Å². The van der Waals surface area contributed by atoms with E-state index in [1.807, 2.05) is 5.38 Å². The smallest absolute Gasteiger partial charge is 0.255 e. The van der Waals surface area contributed by atoms with E-state index in [0.717, 1.165) is 30.4 Å². The van der Waals surface area contributed by atoms with Crippen molar-refractivity contribution in [1.82, 2.24) is 4.90 Å². The first kappa shape index (κ1) is 17.6. The maximum Gasteiger partial charge on any atom is 0.255 e. The number of hydrogen-bond donors (Lipinski definition) is 1. The van der Waals surface area contributed by atoms with E-state index in [1.165, 1.54) is 34.0 Å². The van der Waals surface area contributed by atoms with Crippen LogP contribution in [0.1, 0.15) is 34.1 Å². The van der Waals surface area contributed by atoms with Gasteiger partial charge in [-0.2, -0.15) is 0 Å². The first-order valence-corrected chi connectivity index (χ1v) is 9.22. The Balaban J connectivity index is 1.63. The summed E-state index contributed by atoms with van der Waals surface area (Å²) in [6.45, 7) is 2.19. The number of thiophene rings is 1. The molecule has 4 nitrogen and oxygen atoms in total. The summed E-state index contributed by atoms with van der Waals surface area (Å²) < 4.78 is 12.9. The summed E-state index contributed by atoms with van der Waals surface area (Å²) in [5.41, 5.74) is 2.39. The summed E-state index contributed by atoms with van der Waals surface area (Å²) in [6.07, 6.45) is 3.05. The number of likely N-dealkylation sites (N-methyl/N-ethyl adjacent to an activating group) is 1. The lowest BCUT2D eigenvalue weighted by atomic mass is 9.88. The molecule has 0 fully saturated rings. The molecule has 1 aliphatic rings. The summed E-state index contributed by atoms with van der Waals surface area (Å²) in [7, 11) is 1.63. The maximum absolute atomic E-state index is 12.9. The Morgan fingerprint density at radius 2 is 2.04 bits per heavy atom. The number of rotatable bonds is 4. The number of benzene rings is 1. The molecule has 1 unspecified atom stereocenters. The van der Waals surface area contributed by atoms with Crippen LogP contribution in [0.5, 0.6) is 0 Å². The van der Waals surface area contributed by atoms with E-state index in [0.29, 0.717) is 11.6 Å². The van der Waals surface area contributed by atoms with Gasteiger partial charge in [-0.25, -0.2) is 4.39 Å². The Bertz CT molecular complexity index is 785. The zero-order valence-electron chi connectivity index (χ0n) is 14.3. The van der Waals surface area contributed by atoms with Gasteiger partial charge in [0.2, 0.25) is 5.91 Å². The van der Waals surface area contributed by atoms with Gasteiger partial charge in [0.05, 0.1) is 12.1 Å². The molecule has 132 valence electrons. The normalized spacial score (nSPS) is 16.2.